The fraction of sp³-hybridized carbons (Fsp3) is 0.444. The number of carbonyl (C=O) groups excluding carboxylic acids is 1. The number of hydrogen-bond acceptors (Lipinski definition) is 8. The Morgan fingerprint density at radius 1 is 1.26 bits per heavy atom. The summed E-state index contributed by atoms with van der Waals surface area (Å²) in [4.78, 5) is 22.6. The summed E-state index contributed by atoms with van der Waals surface area (Å²) in [5, 5.41) is 11.3. The van der Waals surface area contributed by atoms with Crippen molar-refractivity contribution in [3.63, 3.8) is 0 Å². The van der Waals surface area contributed by atoms with Gasteiger partial charge in [0.15, 0.2) is 12.2 Å². The lowest BCUT2D eigenvalue weighted by molar-refractivity contribution is -0.304. The zero-order valence-electron chi connectivity index (χ0n) is 15.1. The number of amides is 1. The molecule has 9 heteroatoms. The minimum atomic E-state index is -1.37. The molecule has 1 amide bonds. The predicted molar refractivity (Wildman–Crippen MR) is 93.3 cm³/mol. The zero-order chi connectivity index (χ0) is 19.8. The van der Waals surface area contributed by atoms with E-state index >= 15 is 0 Å². The molecule has 2 heterocycles. The van der Waals surface area contributed by atoms with E-state index in [1.165, 1.54) is 19.2 Å². The summed E-state index contributed by atoms with van der Waals surface area (Å²) in [7, 11) is 1.41. The molecule has 2 aromatic rings. The lowest BCUT2D eigenvalue weighted by Gasteiger charge is -2.47. The molecule has 1 aliphatic rings. The van der Waals surface area contributed by atoms with E-state index in [0.29, 0.717) is 16.7 Å². The highest BCUT2D eigenvalue weighted by Gasteiger charge is 2.53. The quantitative estimate of drug-likeness (QED) is 0.757. The Morgan fingerprint density at radius 3 is 2.63 bits per heavy atom. The molecule has 9 nitrogen and oxygen atoms in total. The van der Waals surface area contributed by atoms with Gasteiger partial charge >= 0.3 is 11.7 Å². The van der Waals surface area contributed by atoms with Crippen LogP contribution in [0.3, 0.4) is 0 Å². The number of rotatable bonds is 4. The molecule has 0 saturated carbocycles. The summed E-state index contributed by atoms with van der Waals surface area (Å²) in [6, 6.07) is 7.78. The lowest BCUT2D eigenvalue weighted by atomic mass is 9.89. The third-order valence-corrected chi connectivity index (χ3v) is 4.37. The van der Waals surface area contributed by atoms with Gasteiger partial charge in [-0.2, -0.15) is 0 Å². The highest BCUT2D eigenvalue weighted by Crippen LogP contribution is 2.34. The van der Waals surface area contributed by atoms with Crippen LogP contribution in [-0.2, 0) is 14.2 Å². The number of aliphatic hydroxyl groups is 1. The molecule has 1 saturated heterocycles. The standard InChI is InChI=1S/C18H21NO8/c1-18(2)15(23-3)14(26-17(19)22)13(21)16(27-18)24-10-6-4-9-5-7-12(20)25-11(9)8-10/h4-8,13-16,21H,1-3H3,(H2,19,22)/t13?,14-,15-,16-/m1/s1. The monoisotopic (exact) mass is 379 g/mol. The molecule has 0 radical (unpaired) electrons. The largest absolute Gasteiger partial charge is 0.462 e. The number of nitrogens with two attached hydrogens (primary N) is 1. The minimum Gasteiger partial charge on any atom is -0.462 e. The van der Waals surface area contributed by atoms with Gasteiger partial charge in [0.2, 0.25) is 6.29 Å². The molecule has 3 N–H and O–H groups in total. The summed E-state index contributed by atoms with van der Waals surface area (Å²) in [6.45, 7) is 3.42. The van der Waals surface area contributed by atoms with E-state index < -0.39 is 41.9 Å². The van der Waals surface area contributed by atoms with E-state index in [2.05, 4.69) is 0 Å². The van der Waals surface area contributed by atoms with Gasteiger partial charge in [0.1, 0.15) is 17.4 Å². The maximum atomic E-state index is 11.4. The van der Waals surface area contributed by atoms with Gasteiger partial charge in [-0.15, -0.1) is 0 Å². The summed E-state index contributed by atoms with van der Waals surface area (Å²) in [5.74, 6) is 0.297. The molecule has 1 aromatic heterocycles. The number of carbonyl (C=O) groups is 1. The number of benzene rings is 1. The maximum Gasteiger partial charge on any atom is 0.404 e. The molecule has 146 valence electrons. The predicted octanol–water partition coefficient (Wildman–Crippen LogP) is 1.15. The molecule has 0 spiro atoms. The molecule has 4 atom stereocenters. The van der Waals surface area contributed by atoms with Crippen LogP contribution < -0.4 is 16.1 Å². The SMILES string of the molecule is CO[C@@H]1[C@H](OC(N)=O)C(O)[C@H](Oc2ccc3ccc(=O)oc3c2)OC1(C)C. The van der Waals surface area contributed by atoms with Gasteiger partial charge in [0, 0.05) is 24.6 Å². The Kier molecular flexibility index (Phi) is 5.09. The fourth-order valence-electron chi connectivity index (χ4n) is 3.19. The zero-order valence-corrected chi connectivity index (χ0v) is 15.1. The second-order valence-corrected chi connectivity index (χ2v) is 6.71. The third-order valence-electron chi connectivity index (χ3n) is 4.37. The smallest absolute Gasteiger partial charge is 0.404 e. The molecular formula is C18H21NO8. The third kappa shape index (κ3) is 3.90. The van der Waals surface area contributed by atoms with Crippen LogP contribution in [-0.4, -0.2) is 48.5 Å². The number of methoxy groups -OCH3 is 1. The van der Waals surface area contributed by atoms with Gasteiger partial charge in [0.05, 0.1) is 5.60 Å². The van der Waals surface area contributed by atoms with Gasteiger partial charge in [-0.3, -0.25) is 0 Å². The Bertz CT molecular complexity index is 892. The van der Waals surface area contributed by atoms with Gasteiger partial charge in [-0.05, 0) is 32.0 Å². The van der Waals surface area contributed by atoms with Gasteiger partial charge in [-0.25, -0.2) is 9.59 Å². The van der Waals surface area contributed by atoms with Gasteiger partial charge < -0.3 is 34.2 Å². The van der Waals surface area contributed by atoms with E-state index in [9.17, 15) is 14.7 Å². The molecule has 3 rings (SSSR count). The van der Waals surface area contributed by atoms with Crippen molar-refractivity contribution >= 4 is 17.1 Å². The summed E-state index contributed by atoms with van der Waals surface area (Å²) in [5.41, 5.74) is 3.99. The summed E-state index contributed by atoms with van der Waals surface area (Å²) < 4.78 is 27.1. The molecular weight excluding hydrogens is 358 g/mol. The highest BCUT2D eigenvalue weighted by atomic mass is 16.7. The number of hydrogen-bond donors (Lipinski definition) is 2. The van der Waals surface area contributed by atoms with Crippen LogP contribution >= 0.6 is 0 Å². The van der Waals surface area contributed by atoms with E-state index in [1.807, 2.05) is 0 Å². The van der Waals surface area contributed by atoms with Crippen LogP contribution in [0.2, 0.25) is 0 Å². The average Bonchev–Trinajstić information content (AvgIpc) is 2.58. The number of ether oxygens (including phenoxy) is 4. The Hall–Kier alpha value is -2.62. The van der Waals surface area contributed by atoms with Crippen molar-refractivity contribution < 1.29 is 33.3 Å². The van der Waals surface area contributed by atoms with Crippen molar-refractivity contribution in [2.75, 3.05) is 7.11 Å². The summed E-state index contributed by atoms with van der Waals surface area (Å²) >= 11 is 0. The van der Waals surface area contributed by atoms with Crippen LogP contribution in [0.5, 0.6) is 5.75 Å². The highest BCUT2D eigenvalue weighted by molar-refractivity contribution is 5.77. The Morgan fingerprint density at radius 2 is 1.96 bits per heavy atom. The lowest BCUT2D eigenvalue weighted by Crippen LogP contribution is -2.65. The second kappa shape index (κ2) is 7.18. The van der Waals surface area contributed by atoms with Crippen molar-refractivity contribution in [2.45, 2.75) is 44.1 Å². The first kappa shape index (κ1) is 19.2. The van der Waals surface area contributed by atoms with Crippen LogP contribution in [0.4, 0.5) is 4.79 Å². The van der Waals surface area contributed by atoms with Crippen molar-refractivity contribution in [1.29, 1.82) is 0 Å². The van der Waals surface area contributed by atoms with E-state index in [1.54, 1.807) is 32.0 Å². The van der Waals surface area contributed by atoms with Crippen LogP contribution in [0.25, 0.3) is 11.0 Å². The first-order chi connectivity index (χ1) is 12.7. The first-order valence-electron chi connectivity index (χ1n) is 8.26. The minimum absolute atomic E-state index is 0.297. The first-order valence-corrected chi connectivity index (χ1v) is 8.26. The normalized spacial score (nSPS) is 27.3. The van der Waals surface area contributed by atoms with Gasteiger partial charge in [0.25, 0.3) is 0 Å². The molecule has 1 fully saturated rings. The van der Waals surface area contributed by atoms with Crippen molar-refractivity contribution in [3.05, 3.63) is 40.8 Å². The van der Waals surface area contributed by atoms with Crippen LogP contribution in [0, 0.1) is 0 Å². The maximum absolute atomic E-state index is 11.4. The molecule has 0 aliphatic carbocycles. The topological polar surface area (TPSA) is 130 Å². The summed E-state index contributed by atoms with van der Waals surface area (Å²) in [6.07, 6.45) is -5.46. The molecule has 1 unspecified atom stereocenters. The average molecular weight is 379 g/mol. The number of fused-ring (bicyclic) bond motifs is 1. The van der Waals surface area contributed by atoms with E-state index in [0.717, 1.165) is 0 Å². The van der Waals surface area contributed by atoms with Crippen LogP contribution in [0.15, 0.2) is 39.5 Å². The van der Waals surface area contributed by atoms with Crippen LogP contribution in [0.1, 0.15) is 13.8 Å². The van der Waals surface area contributed by atoms with Gasteiger partial charge in [-0.1, -0.05) is 0 Å². The molecule has 27 heavy (non-hydrogen) atoms. The second-order valence-electron chi connectivity index (χ2n) is 6.71. The molecule has 1 aliphatic heterocycles. The Labute approximate surface area is 154 Å². The van der Waals surface area contributed by atoms with Crippen molar-refractivity contribution in [2.24, 2.45) is 5.73 Å². The van der Waals surface area contributed by atoms with E-state index in [4.69, 9.17) is 29.1 Å². The number of primary amides is 1. The fourth-order valence-corrected chi connectivity index (χ4v) is 3.19. The van der Waals surface area contributed by atoms with Crippen molar-refractivity contribution in [3.8, 4) is 5.75 Å². The molecule has 0 bridgehead atoms. The number of aliphatic hydroxyl groups excluding tert-OH is 1. The Balaban J connectivity index is 1.89. The van der Waals surface area contributed by atoms with E-state index in [-0.39, 0.29) is 0 Å². The molecule has 1 aromatic carbocycles. The van der Waals surface area contributed by atoms with Crippen molar-refractivity contribution in [1.82, 2.24) is 0 Å².